The molecule has 0 saturated carbocycles. The fourth-order valence-corrected chi connectivity index (χ4v) is 2.58. The van der Waals surface area contributed by atoms with Crippen molar-refractivity contribution in [3.63, 3.8) is 0 Å². The Hall–Kier alpha value is -2.66. The average Bonchev–Trinajstić information content (AvgIpc) is 2.76. The van der Waals surface area contributed by atoms with Gasteiger partial charge in [0, 0.05) is 10.7 Å². The van der Waals surface area contributed by atoms with E-state index in [-0.39, 0.29) is 6.54 Å². The van der Waals surface area contributed by atoms with Crippen LogP contribution in [0.25, 0.3) is 0 Å². The van der Waals surface area contributed by atoms with E-state index in [9.17, 15) is 14.4 Å². The largest absolute Gasteiger partial charge is 0.324 e. The topological polar surface area (TPSA) is 66.5 Å². The fraction of sp³-hybridized carbons (Fsp3) is 0.118. The molecule has 23 heavy (non-hydrogen) atoms. The van der Waals surface area contributed by atoms with Gasteiger partial charge in [-0.25, -0.2) is 0 Å². The average molecular weight is 329 g/mol. The second-order valence-corrected chi connectivity index (χ2v) is 5.66. The fourth-order valence-electron chi connectivity index (χ4n) is 2.40. The second kappa shape index (κ2) is 5.85. The minimum absolute atomic E-state index is 0.323. The van der Waals surface area contributed by atoms with E-state index in [1.54, 1.807) is 42.5 Å². The summed E-state index contributed by atoms with van der Waals surface area (Å²) >= 11 is 6.00. The van der Waals surface area contributed by atoms with Crippen LogP contribution in [0.3, 0.4) is 0 Å². The highest BCUT2D eigenvalue weighted by molar-refractivity contribution is 6.31. The lowest BCUT2D eigenvalue weighted by atomic mass is 10.1. The van der Waals surface area contributed by atoms with E-state index in [0.717, 1.165) is 10.5 Å². The van der Waals surface area contributed by atoms with Crippen molar-refractivity contribution in [2.75, 3.05) is 11.9 Å². The molecule has 0 aromatic heterocycles. The van der Waals surface area contributed by atoms with Crippen molar-refractivity contribution in [3.8, 4) is 0 Å². The van der Waals surface area contributed by atoms with Crippen molar-refractivity contribution in [3.05, 3.63) is 64.2 Å². The van der Waals surface area contributed by atoms with Crippen LogP contribution in [0.15, 0.2) is 42.5 Å². The molecule has 0 saturated heterocycles. The van der Waals surface area contributed by atoms with Crippen molar-refractivity contribution in [2.24, 2.45) is 0 Å². The molecule has 1 heterocycles. The third kappa shape index (κ3) is 2.83. The highest BCUT2D eigenvalue weighted by Gasteiger charge is 2.36. The molecule has 2 aromatic rings. The lowest BCUT2D eigenvalue weighted by molar-refractivity contribution is -0.116. The molecule has 116 valence electrons. The lowest BCUT2D eigenvalue weighted by Gasteiger charge is -2.14. The molecule has 0 unspecified atom stereocenters. The van der Waals surface area contributed by atoms with Crippen molar-refractivity contribution in [1.82, 2.24) is 4.90 Å². The molecule has 3 rings (SSSR count). The van der Waals surface area contributed by atoms with Crippen LogP contribution in [0.5, 0.6) is 0 Å². The number of anilines is 1. The molecular formula is C17H13ClN2O3. The van der Waals surface area contributed by atoms with Gasteiger partial charge in [-0.1, -0.05) is 29.8 Å². The molecule has 0 aliphatic carbocycles. The van der Waals surface area contributed by atoms with Gasteiger partial charge in [0.2, 0.25) is 5.91 Å². The molecule has 0 spiro atoms. The maximum atomic E-state index is 12.2. The number of fused-ring (bicyclic) bond motifs is 1. The van der Waals surface area contributed by atoms with Gasteiger partial charge in [0.25, 0.3) is 11.8 Å². The summed E-state index contributed by atoms with van der Waals surface area (Å²) in [4.78, 5) is 37.4. The summed E-state index contributed by atoms with van der Waals surface area (Å²) in [5, 5.41) is 3.17. The zero-order valence-corrected chi connectivity index (χ0v) is 13.1. The van der Waals surface area contributed by atoms with E-state index in [2.05, 4.69) is 5.32 Å². The number of carbonyl (C=O) groups is 3. The number of rotatable bonds is 3. The van der Waals surface area contributed by atoms with E-state index >= 15 is 0 Å². The van der Waals surface area contributed by atoms with Crippen molar-refractivity contribution in [2.45, 2.75) is 6.92 Å². The predicted octanol–water partition coefficient (Wildman–Crippen LogP) is 2.88. The Kier molecular flexibility index (Phi) is 3.88. The number of nitrogens with one attached hydrogen (secondary N) is 1. The van der Waals surface area contributed by atoms with Crippen LogP contribution < -0.4 is 5.32 Å². The van der Waals surface area contributed by atoms with Gasteiger partial charge in [-0.2, -0.15) is 0 Å². The van der Waals surface area contributed by atoms with Crippen LogP contribution in [0.1, 0.15) is 26.3 Å². The van der Waals surface area contributed by atoms with Crippen molar-refractivity contribution in [1.29, 1.82) is 0 Å². The first-order chi connectivity index (χ1) is 11.0. The normalized spacial score (nSPS) is 13.2. The van der Waals surface area contributed by atoms with Gasteiger partial charge in [0.1, 0.15) is 6.54 Å². The first-order valence-electron chi connectivity index (χ1n) is 6.98. The molecule has 3 amide bonds. The number of halogens is 1. The van der Waals surface area contributed by atoms with Gasteiger partial charge in [-0.05, 0) is 36.8 Å². The third-order valence-electron chi connectivity index (χ3n) is 3.64. The van der Waals surface area contributed by atoms with Crippen LogP contribution in [0, 0.1) is 6.92 Å². The Balaban J connectivity index is 1.73. The summed E-state index contributed by atoms with van der Waals surface area (Å²) in [6, 6.07) is 11.6. The van der Waals surface area contributed by atoms with Crippen LogP contribution in [-0.4, -0.2) is 29.2 Å². The lowest BCUT2D eigenvalue weighted by Crippen LogP contribution is -2.37. The number of hydrogen-bond donors (Lipinski definition) is 1. The Labute approximate surface area is 137 Å². The SMILES string of the molecule is Cc1ccc(NC(=O)CN2C(=O)c3ccccc3C2=O)cc1Cl. The minimum Gasteiger partial charge on any atom is -0.324 e. The highest BCUT2D eigenvalue weighted by Crippen LogP contribution is 2.23. The van der Waals surface area contributed by atoms with Crippen LogP contribution in [0.2, 0.25) is 5.02 Å². The standard InChI is InChI=1S/C17H13ClN2O3/c1-10-6-7-11(8-14(10)18)19-15(21)9-20-16(22)12-4-2-3-5-13(12)17(20)23/h2-8H,9H2,1H3,(H,19,21). The summed E-state index contributed by atoms with van der Waals surface area (Å²) in [7, 11) is 0. The molecule has 1 aliphatic rings. The van der Waals surface area contributed by atoms with Crippen molar-refractivity contribution >= 4 is 35.0 Å². The summed E-state index contributed by atoms with van der Waals surface area (Å²) in [5.41, 5.74) is 2.06. The summed E-state index contributed by atoms with van der Waals surface area (Å²) in [5.74, 6) is -1.37. The molecule has 0 fully saturated rings. The number of imide groups is 1. The van der Waals surface area contributed by atoms with E-state index < -0.39 is 17.7 Å². The van der Waals surface area contributed by atoms with Crippen LogP contribution in [-0.2, 0) is 4.79 Å². The first-order valence-corrected chi connectivity index (χ1v) is 7.36. The van der Waals surface area contributed by atoms with E-state index in [1.807, 2.05) is 6.92 Å². The maximum absolute atomic E-state index is 12.2. The molecule has 2 aromatic carbocycles. The zero-order chi connectivity index (χ0) is 16.6. The van der Waals surface area contributed by atoms with E-state index in [4.69, 9.17) is 11.6 Å². The van der Waals surface area contributed by atoms with Crippen molar-refractivity contribution < 1.29 is 14.4 Å². The second-order valence-electron chi connectivity index (χ2n) is 5.25. The third-order valence-corrected chi connectivity index (χ3v) is 4.04. The Bertz CT molecular complexity index is 797. The first kappa shape index (κ1) is 15.2. The van der Waals surface area contributed by atoms with E-state index in [0.29, 0.717) is 21.8 Å². The predicted molar refractivity (Wildman–Crippen MR) is 86.6 cm³/mol. The number of carbonyl (C=O) groups excluding carboxylic acids is 3. The molecule has 6 heteroatoms. The van der Waals surface area contributed by atoms with Gasteiger partial charge < -0.3 is 5.32 Å². The van der Waals surface area contributed by atoms with Gasteiger partial charge in [-0.3, -0.25) is 19.3 Å². The van der Waals surface area contributed by atoms with Gasteiger partial charge in [0.05, 0.1) is 11.1 Å². The zero-order valence-electron chi connectivity index (χ0n) is 12.3. The van der Waals surface area contributed by atoms with Gasteiger partial charge >= 0.3 is 0 Å². The number of hydrogen-bond acceptors (Lipinski definition) is 3. The molecule has 1 N–H and O–H groups in total. The van der Waals surface area contributed by atoms with Crippen LogP contribution >= 0.6 is 11.6 Å². The summed E-state index contributed by atoms with van der Waals surface area (Å²) in [6.07, 6.45) is 0. The van der Waals surface area contributed by atoms with Gasteiger partial charge in [0.15, 0.2) is 0 Å². The summed E-state index contributed by atoms with van der Waals surface area (Å²) in [6.45, 7) is 1.52. The van der Waals surface area contributed by atoms with Crippen LogP contribution in [0.4, 0.5) is 5.69 Å². The molecule has 1 aliphatic heterocycles. The Morgan fingerprint density at radius 1 is 1.09 bits per heavy atom. The Morgan fingerprint density at radius 2 is 1.70 bits per heavy atom. The monoisotopic (exact) mass is 328 g/mol. The number of benzene rings is 2. The smallest absolute Gasteiger partial charge is 0.262 e. The quantitative estimate of drug-likeness (QED) is 0.881. The number of nitrogens with zero attached hydrogens (tertiary/aromatic N) is 1. The molecular weight excluding hydrogens is 316 g/mol. The molecule has 5 nitrogen and oxygen atoms in total. The highest BCUT2D eigenvalue weighted by atomic mass is 35.5. The number of amides is 3. The van der Waals surface area contributed by atoms with E-state index in [1.165, 1.54) is 0 Å². The Morgan fingerprint density at radius 3 is 2.26 bits per heavy atom. The number of aryl methyl sites for hydroxylation is 1. The molecule has 0 atom stereocenters. The molecule has 0 bridgehead atoms. The minimum atomic E-state index is -0.459. The van der Waals surface area contributed by atoms with Gasteiger partial charge in [-0.15, -0.1) is 0 Å². The summed E-state index contributed by atoms with van der Waals surface area (Å²) < 4.78 is 0. The molecule has 0 radical (unpaired) electrons. The maximum Gasteiger partial charge on any atom is 0.262 e.